The van der Waals surface area contributed by atoms with E-state index in [-0.39, 0.29) is 23.6 Å². The first-order valence-corrected chi connectivity index (χ1v) is 14.0. The standard InChI is InChI=1S/C32H22ClN5O4/c33-14-18-15-38(26-13-27-29-20(28(18)26)5-3-6-21(29)30(39)37-42-27)32(41)25-12-17-10-19(8-9-23(17)36-25)34-31(40)24-11-16-4-1-2-7-22(16)35-24/h1-13,18,35-36H,14-15H2,(H,34,40)(H,37,39)/t18-/m0/s1. The molecule has 0 fully saturated rings. The lowest BCUT2D eigenvalue weighted by Gasteiger charge is -2.22. The molecule has 9 nitrogen and oxygen atoms in total. The van der Waals surface area contributed by atoms with Crippen LogP contribution in [0.1, 0.15) is 42.8 Å². The Morgan fingerprint density at radius 3 is 2.60 bits per heavy atom. The highest BCUT2D eigenvalue weighted by molar-refractivity contribution is 6.20. The minimum Gasteiger partial charge on any atom is -0.378 e. The van der Waals surface area contributed by atoms with Gasteiger partial charge in [-0.2, -0.15) is 5.48 Å². The zero-order valence-electron chi connectivity index (χ0n) is 22.0. The Morgan fingerprint density at radius 2 is 1.74 bits per heavy atom. The Bertz CT molecular complexity index is 2100. The largest absolute Gasteiger partial charge is 0.378 e. The maximum atomic E-state index is 13.9. The van der Waals surface area contributed by atoms with Gasteiger partial charge in [0.25, 0.3) is 17.7 Å². The number of nitrogens with zero attached hydrogens (tertiary/aromatic N) is 1. The van der Waals surface area contributed by atoms with Crippen LogP contribution in [-0.2, 0) is 0 Å². The summed E-state index contributed by atoms with van der Waals surface area (Å²) < 4.78 is 0. The quantitative estimate of drug-likeness (QED) is 0.191. The van der Waals surface area contributed by atoms with Crippen molar-refractivity contribution in [2.45, 2.75) is 5.92 Å². The Hall–Kier alpha value is -5.28. The third-order valence-electron chi connectivity index (χ3n) is 8.06. The van der Waals surface area contributed by atoms with E-state index in [4.69, 9.17) is 16.4 Å². The fraction of sp³-hybridized carbons (Fsp3) is 0.0938. The Kier molecular flexibility index (Phi) is 5.32. The maximum Gasteiger partial charge on any atom is 0.284 e. The number of benzene rings is 4. The number of halogens is 1. The first-order chi connectivity index (χ1) is 20.5. The second kappa shape index (κ2) is 9.12. The average Bonchev–Trinajstić information content (AvgIpc) is 3.73. The fourth-order valence-electron chi connectivity index (χ4n) is 6.13. The average molecular weight is 576 g/mol. The van der Waals surface area contributed by atoms with Gasteiger partial charge in [0, 0.05) is 57.3 Å². The molecule has 6 aromatic rings. The molecule has 2 aromatic heterocycles. The number of anilines is 2. The molecule has 10 heteroatoms. The summed E-state index contributed by atoms with van der Waals surface area (Å²) in [5.41, 5.74) is 7.72. The SMILES string of the molecule is O=C(Nc1ccc2[nH]c(C(=O)N3C[C@H](CCl)c4c3cc3c5c(cccc45)C(=O)NO3)cc2c1)c1cc2ccccc2[nH]1. The van der Waals surface area contributed by atoms with Crippen molar-refractivity contribution in [1.82, 2.24) is 15.4 Å². The molecule has 8 rings (SSSR count). The lowest BCUT2D eigenvalue weighted by molar-refractivity contribution is 0.0748. The molecule has 4 N–H and O–H groups in total. The molecule has 0 spiro atoms. The summed E-state index contributed by atoms with van der Waals surface area (Å²) >= 11 is 6.41. The van der Waals surface area contributed by atoms with Crippen LogP contribution in [0.15, 0.2) is 78.9 Å². The van der Waals surface area contributed by atoms with Gasteiger partial charge in [0.15, 0.2) is 5.75 Å². The summed E-state index contributed by atoms with van der Waals surface area (Å²) in [6.07, 6.45) is 0. The van der Waals surface area contributed by atoms with Crippen molar-refractivity contribution >= 4 is 73.3 Å². The van der Waals surface area contributed by atoms with Crippen LogP contribution in [0.2, 0.25) is 0 Å². The number of nitrogens with one attached hydrogen (secondary N) is 4. The predicted molar refractivity (Wildman–Crippen MR) is 162 cm³/mol. The summed E-state index contributed by atoms with van der Waals surface area (Å²) in [5.74, 6) is -0.0949. The molecule has 0 unspecified atom stereocenters. The number of alkyl halides is 1. The van der Waals surface area contributed by atoms with Gasteiger partial charge in [-0.15, -0.1) is 11.6 Å². The van der Waals surface area contributed by atoms with Crippen LogP contribution in [0.4, 0.5) is 11.4 Å². The molecule has 0 bridgehead atoms. The van der Waals surface area contributed by atoms with E-state index in [2.05, 4.69) is 20.8 Å². The van der Waals surface area contributed by atoms with E-state index in [1.807, 2.05) is 54.6 Å². The number of rotatable bonds is 4. The van der Waals surface area contributed by atoms with Gasteiger partial charge in [-0.05, 0) is 53.4 Å². The van der Waals surface area contributed by atoms with Gasteiger partial charge < -0.3 is 25.0 Å². The first-order valence-electron chi connectivity index (χ1n) is 13.4. The second-order valence-corrected chi connectivity index (χ2v) is 10.9. The van der Waals surface area contributed by atoms with E-state index in [0.29, 0.717) is 46.5 Å². The summed E-state index contributed by atoms with van der Waals surface area (Å²) in [6, 6.07) is 24.1. The van der Waals surface area contributed by atoms with Crippen LogP contribution in [-0.4, -0.2) is 40.1 Å². The third-order valence-corrected chi connectivity index (χ3v) is 8.43. The number of aromatic amines is 2. The van der Waals surface area contributed by atoms with Crippen molar-refractivity contribution in [2.75, 3.05) is 22.6 Å². The van der Waals surface area contributed by atoms with Crippen molar-refractivity contribution in [3.8, 4) is 5.75 Å². The van der Waals surface area contributed by atoms with Crippen molar-refractivity contribution in [3.05, 3.63) is 101 Å². The third kappa shape index (κ3) is 3.67. The minimum absolute atomic E-state index is 0.115. The van der Waals surface area contributed by atoms with Crippen LogP contribution in [0.5, 0.6) is 5.75 Å². The topological polar surface area (TPSA) is 119 Å². The monoisotopic (exact) mass is 575 g/mol. The number of para-hydroxylation sites is 1. The van der Waals surface area contributed by atoms with E-state index in [0.717, 1.165) is 38.1 Å². The molecule has 2 aliphatic rings. The van der Waals surface area contributed by atoms with Gasteiger partial charge >= 0.3 is 0 Å². The van der Waals surface area contributed by atoms with Gasteiger partial charge in [-0.25, -0.2) is 0 Å². The summed E-state index contributed by atoms with van der Waals surface area (Å²) in [4.78, 5) is 52.9. The molecule has 4 aromatic carbocycles. The van der Waals surface area contributed by atoms with Crippen LogP contribution < -0.4 is 20.5 Å². The highest BCUT2D eigenvalue weighted by Crippen LogP contribution is 2.47. The maximum absolute atomic E-state index is 13.9. The highest BCUT2D eigenvalue weighted by atomic mass is 35.5. The van der Waals surface area contributed by atoms with Crippen molar-refractivity contribution in [2.24, 2.45) is 0 Å². The number of carbonyl (C=O) groups excluding carboxylic acids is 3. The number of hydroxylamine groups is 1. The zero-order chi connectivity index (χ0) is 28.5. The number of aromatic nitrogens is 2. The molecular weight excluding hydrogens is 554 g/mol. The molecule has 0 aliphatic carbocycles. The van der Waals surface area contributed by atoms with Gasteiger partial charge in [0.1, 0.15) is 11.4 Å². The van der Waals surface area contributed by atoms with Crippen LogP contribution >= 0.6 is 11.6 Å². The summed E-state index contributed by atoms with van der Waals surface area (Å²) in [7, 11) is 0. The minimum atomic E-state index is -0.309. The van der Waals surface area contributed by atoms with Gasteiger partial charge in [-0.3, -0.25) is 14.4 Å². The van der Waals surface area contributed by atoms with E-state index in [1.54, 1.807) is 29.2 Å². The highest BCUT2D eigenvalue weighted by Gasteiger charge is 2.37. The van der Waals surface area contributed by atoms with E-state index in [9.17, 15) is 14.4 Å². The normalized spacial score (nSPS) is 15.6. The number of amides is 3. The Labute approximate surface area is 243 Å². The van der Waals surface area contributed by atoms with Gasteiger partial charge in [-0.1, -0.05) is 30.3 Å². The van der Waals surface area contributed by atoms with Crippen molar-refractivity contribution in [1.29, 1.82) is 0 Å². The van der Waals surface area contributed by atoms with Crippen molar-refractivity contribution < 1.29 is 19.2 Å². The fourth-order valence-corrected chi connectivity index (χ4v) is 6.38. The smallest absolute Gasteiger partial charge is 0.284 e. The molecular formula is C32H22ClN5O4. The first kappa shape index (κ1) is 24.5. The summed E-state index contributed by atoms with van der Waals surface area (Å²) in [5, 5.41) is 6.25. The molecule has 4 heterocycles. The molecule has 3 amide bonds. The predicted octanol–water partition coefficient (Wildman–Crippen LogP) is 6.07. The number of fused-ring (bicyclic) bond motifs is 4. The number of hydrogen-bond donors (Lipinski definition) is 4. The molecule has 0 saturated carbocycles. The van der Waals surface area contributed by atoms with Gasteiger partial charge in [0.05, 0.1) is 11.3 Å². The van der Waals surface area contributed by atoms with Crippen LogP contribution in [0.3, 0.4) is 0 Å². The molecule has 0 saturated heterocycles. The molecule has 42 heavy (non-hydrogen) atoms. The van der Waals surface area contributed by atoms with Gasteiger partial charge in [0.2, 0.25) is 0 Å². The summed E-state index contributed by atoms with van der Waals surface area (Å²) in [6.45, 7) is 0.392. The Balaban J connectivity index is 1.12. The van der Waals surface area contributed by atoms with E-state index in [1.165, 1.54) is 0 Å². The van der Waals surface area contributed by atoms with Crippen LogP contribution in [0, 0.1) is 0 Å². The molecule has 1 atom stereocenters. The number of H-pyrrole nitrogens is 2. The second-order valence-electron chi connectivity index (χ2n) is 10.5. The lowest BCUT2D eigenvalue weighted by atomic mass is 9.92. The van der Waals surface area contributed by atoms with E-state index >= 15 is 0 Å². The molecule has 206 valence electrons. The lowest BCUT2D eigenvalue weighted by Crippen LogP contribution is -2.32. The number of hydrogen-bond acceptors (Lipinski definition) is 4. The van der Waals surface area contributed by atoms with Crippen molar-refractivity contribution in [3.63, 3.8) is 0 Å². The Morgan fingerprint density at radius 1 is 0.929 bits per heavy atom. The zero-order valence-corrected chi connectivity index (χ0v) is 22.7. The van der Waals surface area contributed by atoms with E-state index < -0.39 is 0 Å². The van der Waals surface area contributed by atoms with Crippen LogP contribution in [0.25, 0.3) is 32.6 Å². The number of carbonyl (C=O) groups is 3. The molecule has 2 aliphatic heterocycles. The molecule has 0 radical (unpaired) electrons.